The fourth-order valence-corrected chi connectivity index (χ4v) is 1.74. The Balaban J connectivity index is 2.28. The minimum Gasteiger partial charge on any atom is -0.462 e. The Labute approximate surface area is 127 Å². The number of hydrogen-bond donors (Lipinski definition) is 1. The molecule has 0 aliphatic heterocycles. The van der Waals surface area contributed by atoms with Gasteiger partial charge in [0.1, 0.15) is 12.3 Å². The molecule has 0 fully saturated rings. The maximum absolute atomic E-state index is 13.4. The molecule has 0 saturated carbocycles. The van der Waals surface area contributed by atoms with Gasteiger partial charge in [0, 0.05) is 5.56 Å². The molecule has 0 spiro atoms. The lowest BCUT2D eigenvalue weighted by Crippen LogP contribution is -2.27. The highest BCUT2D eigenvalue weighted by Crippen LogP contribution is 2.28. The first-order valence-corrected chi connectivity index (χ1v) is 6.74. The van der Waals surface area contributed by atoms with Crippen molar-refractivity contribution in [2.45, 2.75) is 13.0 Å². The Bertz CT molecular complexity index is 666. The van der Waals surface area contributed by atoms with E-state index in [9.17, 15) is 17.5 Å². The topological polar surface area (TPSA) is 77.2 Å². The SMILES string of the molecule is CCOC(=O)c1cccc(-c2noc(C(F)(F)NSF)n2)c1. The summed E-state index contributed by atoms with van der Waals surface area (Å²) in [4.78, 5) is 15.1. The summed E-state index contributed by atoms with van der Waals surface area (Å²) in [6.45, 7) is 1.86. The number of carbonyl (C=O) groups excluding carboxylic acids is 1. The molecule has 0 atom stereocenters. The highest BCUT2D eigenvalue weighted by Gasteiger charge is 2.39. The summed E-state index contributed by atoms with van der Waals surface area (Å²) in [5, 5.41) is 3.39. The molecule has 6 nitrogen and oxygen atoms in total. The van der Waals surface area contributed by atoms with Crippen molar-refractivity contribution in [2.24, 2.45) is 0 Å². The van der Waals surface area contributed by atoms with Crippen LogP contribution in [0.2, 0.25) is 0 Å². The van der Waals surface area contributed by atoms with Gasteiger partial charge in [-0.1, -0.05) is 17.3 Å². The summed E-state index contributed by atoms with van der Waals surface area (Å²) in [6, 6.07) is 2.09. The molecule has 10 heteroatoms. The zero-order valence-electron chi connectivity index (χ0n) is 11.2. The molecule has 0 radical (unpaired) electrons. The first-order valence-electron chi connectivity index (χ1n) is 6.02. The third-order valence-corrected chi connectivity index (χ3v) is 2.83. The number of esters is 1. The second kappa shape index (κ2) is 6.79. The summed E-state index contributed by atoms with van der Waals surface area (Å²) in [5.74, 6) is -1.81. The van der Waals surface area contributed by atoms with Gasteiger partial charge in [0.15, 0.2) is 0 Å². The number of rotatable bonds is 6. The standard InChI is InChI=1S/C12H10F3N3O3S/c1-2-20-10(19)8-5-3-4-7(6-8)9-16-11(21-17-9)12(13,14)18-22-15/h3-6,18H,2H2,1H3. The second-order valence-electron chi connectivity index (χ2n) is 3.98. The molecule has 0 bridgehead atoms. The number of aromatic nitrogens is 2. The van der Waals surface area contributed by atoms with Crippen LogP contribution in [0.3, 0.4) is 0 Å². The zero-order chi connectivity index (χ0) is 16.2. The second-order valence-corrected chi connectivity index (χ2v) is 4.34. The molecule has 0 amide bonds. The molecular formula is C12H10F3N3O3S. The highest BCUT2D eigenvalue weighted by atomic mass is 32.2. The minimum absolute atomic E-state index is 0.161. The van der Waals surface area contributed by atoms with Crippen LogP contribution >= 0.6 is 12.3 Å². The highest BCUT2D eigenvalue weighted by molar-refractivity contribution is 7.92. The van der Waals surface area contributed by atoms with Crippen LogP contribution in [-0.4, -0.2) is 22.7 Å². The number of halogens is 3. The molecule has 22 heavy (non-hydrogen) atoms. The first-order chi connectivity index (χ1) is 10.5. The van der Waals surface area contributed by atoms with Gasteiger partial charge in [0.25, 0.3) is 0 Å². The predicted molar refractivity (Wildman–Crippen MR) is 71.4 cm³/mol. The lowest BCUT2D eigenvalue weighted by atomic mass is 10.1. The van der Waals surface area contributed by atoms with Crippen LogP contribution in [0.1, 0.15) is 23.2 Å². The van der Waals surface area contributed by atoms with Crippen molar-refractivity contribution in [2.75, 3.05) is 6.61 Å². The number of alkyl halides is 2. The van der Waals surface area contributed by atoms with Crippen LogP contribution in [0.5, 0.6) is 0 Å². The summed E-state index contributed by atoms with van der Waals surface area (Å²) in [7, 11) is 0. The van der Waals surface area contributed by atoms with E-state index in [4.69, 9.17) is 4.74 Å². The Morgan fingerprint density at radius 1 is 1.50 bits per heavy atom. The summed E-state index contributed by atoms with van der Waals surface area (Å²) < 4.78 is 49.0. The average Bonchev–Trinajstić information content (AvgIpc) is 2.98. The fourth-order valence-electron chi connectivity index (χ4n) is 1.56. The predicted octanol–water partition coefficient (Wildman–Crippen LogP) is 3.08. The van der Waals surface area contributed by atoms with E-state index < -0.39 is 30.2 Å². The van der Waals surface area contributed by atoms with Crippen LogP contribution in [0.15, 0.2) is 28.8 Å². The molecule has 0 unspecified atom stereocenters. The fraction of sp³-hybridized carbons (Fsp3) is 0.250. The monoisotopic (exact) mass is 333 g/mol. The van der Waals surface area contributed by atoms with Crippen molar-refractivity contribution in [1.29, 1.82) is 0 Å². The van der Waals surface area contributed by atoms with Crippen LogP contribution in [0.4, 0.5) is 12.7 Å². The third-order valence-electron chi connectivity index (χ3n) is 2.49. The van der Waals surface area contributed by atoms with Gasteiger partial charge in [-0.3, -0.25) is 0 Å². The quantitative estimate of drug-likeness (QED) is 0.494. The van der Waals surface area contributed by atoms with Gasteiger partial charge in [0.05, 0.1) is 12.2 Å². The molecule has 2 rings (SSSR count). The van der Waals surface area contributed by atoms with E-state index in [-0.39, 0.29) is 23.6 Å². The molecule has 1 aromatic carbocycles. The van der Waals surface area contributed by atoms with E-state index in [1.165, 1.54) is 29.0 Å². The smallest absolute Gasteiger partial charge is 0.392 e. The van der Waals surface area contributed by atoms with Crippen molar-refractivity contribution < 1.29 is 26.7 Å². The van der Waals surface area contributed by atoms with E-state index in [1.807, 2.05) is 0 Å². The molecule has 0 aliphatic carbocycles. The van der Waals surface area contributed by atoms with Crippen molar-refractivity contribution in [3.8, 4) is 11.4 Å². The summed E-state index contributed by atoms with van der Waals surface area (Å²) in [5.41, 5.74) is 0.499. The molecule has 1 N–H and O–H groups in total. The average molecular weight is 333 g/mol. The van der Waals surface area contributed by atoms with Gasteiger partial charge in [0.2, 0.25) is 5.82 Å². The number of carbonyl (C=O) groups is 1. The van der Waals surface area contributed by atoms with E-state index >= 15 is 0 Å². The lowest BCUT2D eigenvalue weighted by Gasteiger charge is -2.07. The summed E-state index contributed by atoms with van der Waals surface area (Å²) in [6.07, 6.45) is 0. The van der Waals surface area contributed by atoms with Gasteiger partial charge in [-0.25, -0.2) is 4.79 Å². The largest absolute Gasteiger partial charge is 0.462 e. The van der Waals surface area contributed by atoms with E-state index in [1.54, 1.807) is 6.92 Å². The van der Waals surface area contributed by atoms with E-state index in [0.717, 1.165) is 0 Å². The van der Waals surface area contributed by atoms with Gasteiger partial charge in [-0.2, -0.15) is 18.5 Å². The maximum Gasteiger partial charge on any atom is 0.392 e. The first kappa shape index (κ1) is 16.3. The Hall–Kier alpha value is -2.07. The van der Waals surface area contributed by atoms with Crippen LogP contribution in [0.25, 0.3) is 11.4 Å². The van der Waals surface area contributed by atoms with Crippen molar-refractivity contribution in [1.82, 2.24) is 14.9 Å². The normalized spacial score (nSPS) is 11.5. The van der Waals surface area contributed by atoms with Gasteiger partial charge >= 0.3 is 17.9 Å². The van der Waals surface area contributed by atoms with Gasteiger partial charge < -0.3 is 9.26 Å². The zero-order valence-corrected chi connectivity index (χ0v) is 12.0. The van der Waals surface area contributed by atoms with Crippen LogP contribution in [0, 0.1) is 0 Å². The maximum atomic E-state index is 13.4. The summed E-state index contributed by atoms with van der Waals surface area (Å²) >= 11 is -0.769. The Kier molecular flexibility index (Phi) is 5.03. The molecular weight excluding hydrogens is 323 g/mol. The number of hydrogen-bond acceptors (Lipinski definition) is 7. The molecule has 2 aromatic rings. The number of nitrogens with one attached hydrogen (secondary N) is 1. The molecule has 1 heterocycles. The van der Waals surface area contributed by atoms with E-state index in [2.05, 4.69) is 14.7 Å². The van der Waals surface area contributed by atoms with Crippen LogP contribution < -0.4 is 4.72 Å². The number of benzene rings is 1. The lowest BCUT2D eigenvalue weighted by molar-refractivity contribution is -0.0451. The Morgan fingerprint density at radius 2 is 2.27 bits per heavy atom. The van der Waals surface area contributed by atoms with Crippen molar-refractivity contribution in [3.63, 3.8) is 0 Å². The number of nitrogens with zero attached hydrogens (tertiary/aromatic N) is 2. The molecule has 0 saturated heterocycles. The minimum atomic E-state index is -3.82. The van der Waals surface area contributed by atoms with Crippen LogP contribution in [-0.2, 0) is 10.8 Å². The van der Waals surface area contributed by atoms with E-state index in [0.29, 0.717) is 0 Å². The van der Waals surface area contributed by atoms with Gasteiger partial charge in [-0.05, 0) is 19.1 Å². The molecule has 118 valence electrons. The number of ether oxygens (including phenoxy) is 1. The molecule has 1 aromatic heterocycles. The molecule has 0 aliphatic rings. The Morgan fingerprint density at radius 3 is 2.95 bits per heavy atom. The van der Waals surface area contributed by atoms with Crippen molar-refractivity contribution >= 4 is 18.3 Å². The van der Waals surface area contributed by atoms with Crippen molar-refractivity contribution in [3.05, 3.63) is 35.7 Å². The van der Waals surface area contributed by atoms with Gasteiger partial charge in [-0.15, -0.1) is 3.89 Å². The third kappa shape index (κ3) is 3.57.